The molecular formula is C19H20O3. The van der Waals surface area contributed by atoms with Crippen molar-refractivity contribution in [2.24, 2.45) is 0 Å². The van der Waals surface area contributed by atoms with Gasteiger partial charge in [-0.05, 0) is 36.5 Å². The van der Waals surface area contributed by atoms with Crippen LogP contribution in [0.1, 0.15) is 41.6 Å². The number of phenols is 1. The van der Waals surface area contributed by atoms with Crippen LogP contribution < -0.4 is 4.74 Å². The van der Waals surface area contributed by atoms with Crippen molar-refractivity contribution in [3.63, 3.8) is 0 Å². The number of methoxy groups -OCH3 is 1. The summed E-state index contributed by atoms with van der Waals surface area (Å²) in [6.45, 7) is 2.90. The Morgan fingerprint density at radius 2 is 1.95 bits per heavy atom. The molecule has 0 saturated carbocycles. The first kappa shape index (κ1) is 13.6. The summed E-state index contributed by atoms with van der Waals surface area (Å²) in [5.41, 5.74) is 5.45. The van der Waals surface area contributed by atoms with Crippen molar-refractivity contribution in [1.29, 1.82) is 0 Å². The van der Waals surface area contributed by atoms with Crippen LogP contribution in [-0.4, -0.2) is 18.8 Å². The summed E-state index contributed by atoms with van der Waals surface area (Å²) in [4.78, 5) is 0. The molecule has 2 aromatic rings. The number of benzene rings is 2. The van der Waals surface area contributed by atoms with Gasteiger partial charge in [-0.15, -0.1) is 0 Å². The van der Waals surface area contributed by atoms with Gasteiger partial charge < -0.3 is 14.6 Å². The van der Waals surface area contributed by atoms with Crippen LogP contribution in [0, 0.1) is 6.92 Å². The molecule has 1 aliphatic carbocycles. The fourth-order valence-corrected chi connectivity index (χ4v) is 4.07. The molecular weight excluding hydrogens is 276 g/mol. The predicted molar refractivity (Wildman–Crippen MR) is 85.5 cm³/mol. The average Bonchev–Trinajstić information content (AvgIpc) is 2.53. The van der Waals surface area contributed by atoms with Gasteiger partial charge in [0.1, 0.15) is 0 Å². The Labute approximate surface area is 130 Å². The zero-order valence-electron chi connectivity index (χ0n) is 12.9. The Kier molecular flexibility index (Phi) is 3.12. The van der Waals surface area contributed by atoms with E-state index in [2.05, 4.69) is 6.92 Å². The normalized spacial score (nSPS) is 22.5. The van der Waals surface area contributed by atoms with E-state index in [1.807, 2.05) is 30.3 Å². The first-order chi connectivity index (χ1) is 10.7. The van der Waals surface area contributed by atoms with Gasteiger partial charge >= 0.3 is 0 Å². The smallest absolute Gasteiger partial charge is 0.167 e. The minimum atomic E-state index is 0.0909. The SMILES string of the molecule is COc1c(O)c(-c2ccccc2)c(C)c2c1C1OCCCC21. The van der Waals surface area contributed by atoms with Gasteiger partial charge in [-0.3, -0.25) is 0 Å². The van der Waals surface area contributed by atoms with Crippen molar-refractivity contribution in [3.8, 4) is 22.6 Å². The Bertz CT molecular complexity index is 721. The van der Waals surface area contributed by atoms with Crippen LogP contribution in [0.4, 0.5) is 0 Å². The lowest BCUT2D eigenvalue weighted by molar-refractivity contribution is -0.0243. The molecule has 1 saturated heterocycles. The second kappa shape index (κ2) is 5.03. The topological polar surface area (TPSA) is 38.7 Å². The maximum absolute atomic E-state index is 10.8. The summed E-state index contributed by atoms with van der Waals surface area (Å²) in [5, 5.41) is 10.8. The molecule has 2 aliphatic rings. The number of hydrogen-bond acceptors (Lipinski definition) is 3. The minimum Gasteiger partial charge on any atom is -0.504 e. The van der Waals surface area contributed by atoms with Crippen LogP contribution in [0.5, 0.6) is 11.5 Å². The van der Waals surface area contributed by atoms with Crippen LogP contribution in [0.15, 0.2) is 30.3 Å². The first-order valence-electron chi connectivity index (χ1n) is 7.84. The highest BCUT2D eigenvalue weighted by Crippen LogP contribution is 2.61. The lowest BCUT2D eigenvalue weighted by atomic mass is 9.67. The van der Waals surface area contributed by atoms with Crippen LogP contribution in [0.2, 0.25) is 0 Å². The Hall–Kier alpha value is -2.00. The third-order valence-electron chi connectivity index (χ3n) is 5.01. The number of phenolic OH excluding ortho intramolecular Hbond substituents is 1. The number of fused-ring (bicyclic) bond motifs is 4. The molecule has 2 unspecified atom stereocenters. The second-order valence-corrected chi connectivity index (χ2v) is 6.12. The summed E-state index contributed by atoms with van der Waals surface area (Å²) in [5.74, 6) is 1.26. The maximum atomic E-state index is 10.8. The van der Waals surface area contributed by atoms with E-state index >= 15 is 0 Å². The van der Waals surface area contributed by atoms with E-state index in [0.717, 1.165) is 41.7 Å². The minimum absolute atomic E-state index is 0.0909. The van der Waals surface area contributed by atoms with Gasteiger partial charge in [-0.2, -0.15) is 0 Å². The zero-order valence-corrected chi connectivity index (χ0v) is 12.9. The molecule has 1 fully saturated rings. The summed E-state index contributed by atoms with van der Waals surface area (Å²) in [6, 6.07) is 10.0. The van der Waals surface area contributed by atoms with Gasteiger partial charge in [-0.1, -0.05) is 30.3 Å². The third kappa shape index (κ3) is 1.72. The summed E-state index contributed by atoms with van der Waals surface area (Å²) < 4.78 is 11.5. The van der Waals surface area contributed by atoms with Crippen molar-refractivity contribution in [2.75, 3.05) is 13.7 Å². The molecule has 1 aliphatic heterocycles. The van der Waals surface area contributed by atoms with E-state index in [4.69, 9.17) is 9.47 Å². The molecule has 22 heavy (non-hydrogen) atoms. The van der Waals surface area contributed by atoms with E-state index in [-0.39, 0.29) is 11.9 Å². The van der Waals surface area contributed by atoms with Crippen LogP contribution >= 0.6 is 0 Å². The number of hydrogen-bond donors (Lipinski definition) is 1. The van der Waals surface area contributed by atoms with Crippen molar-refractivity contribution >= 4 is 0 Å². The zero-order chi connectivity index (χ0) is 15.3. The summed E-state index contributed by atoms with van der Waals surface area (Å²) in [6.07, 6.45) is 2.35. The first-order valence-corrected chi connectivity index (χ1v) is 7.84. The molecule has 3 nitrogen and oxygen atoms in total. The van der Waals surface area contributed by atoms with E-state index in [1.165, 1.54) is 5.56 Å². The molecule has 0 radical (unpaired) electrons. The fraction of sp³-hybridized carbons (Fsp3) is 0.368. The lowest BCUT2D eigenvalue weighted by Gasteiger charge is -2.45. The van der Waals surface area contributed by atoms with Gasteiger partial charge in [0.25, 0.3) is 0 Å². The molecule has 0 amide bonds. The van der Waals surface area contributed by atoms with Gasteiger partial charge in [-0.25, -0.2) is 0 Å². The quantitative estimate of drug-likeness (QED) is 0.896. The van der Waals surface area contributed by atoms with Gasteiger partial charge in [0, 0.05) is 23.7 Å². The fourth-order valence-electron chi connectivity index (χ4n) is 4.07. The highest BCUT2D eigenvalue weighted by molar-refractivity contribution is 5.82. The van der Waals surface area contributed by atoms with E-state index in [9.17, 15) is 5.11 Å². The van der Waals surface area contributed by atoms with E-state index in [0.29, 0.717) is 11.7 Å². The summed E-state index contributed by atoms with van der Waals surface area (Å²) in [7, 11) is 1.62. The van der Waals surface area contributed by atoms with E-state index in [1.54, 1.807) is 7.11 Å². The predicted octanol–water partition coefficient (Wildman–Crippen LogP) is 4.32. The second-order valence-electron chi connectivity index (χ2n) is 6.12. The highest BCUT2D eigenvalue weighted by Gasteiger charge is 2.46. The van der Waals surface area contributed by atoms with Gasteiger partial charge in [0.05, 0.1) is 13.2 Å². The molecule has 0 bridgehead atoms. The Balaban J connectivity index is 1.97. The molecule has 2 aromatic carbocycles. The van der Waals surface area contributed by atoms with Crippen LogP contribution in [0.3, 0.4) is 0 Å². The Morgan fingerprint density at radius 3 is 2.68 bits per heavy atom. The number of ether oxygens (including phenoxy) is 2. The maximum Gasteiger partial charge on any atom is 0.167 e. The van der Waals surface area contributed by atoms with Crippen molar-refractivity contribution in [2.45, 2.75) is 31.8 Å². The third-order valence-corrected chi connectivity index (χ3v) is 5.01. The molecule has 114 valence electrons. The number of rotatable bonds is 2. The summed E-state index contributed by atoms with van der Waals surface area (Å²) >= 11 is 0. The molecule has 2 atom stereocenters. The van der Waals surface area contributed by atoms with E-state index < -0.39 is 0 Å². The van der Waals surface area contributed by atoms with Crippen LogP contribution in [-0.2, 0) is 4.74 Å². The van der Waals surface area contributed by atoms with Crippen molar-refractivity contribution in [1.82, 2.24) is 0 Å². The van der Waals surface area contributed by atoms with Gasteiger partial charge in [0.15, 0.2) is 11.5 Å². The number of aromatic hydroxyl groups is 1. The molecule has 1 N–H and O–H groups in total. The molecule has 0 spiro atoms. The molecule has 4 rings (SSSR count). The molecule has 1 heterocycles. The van der Waals surface area contributed by atoms with Gasteiger partial charge in [0.2, 0.25) is 0 Å². The standard InChI is InChI=1S/C19H20O3/c1-11-14(12-7-4-3-5-8-12)17(20)19(21-2)16-15(11)13-9-6-10-22-18(13)16/h3-5,7-8,13,18,20H,6,9-10H2,1-2H3. The average molecular weight is 296 g/mol. The molecule has 0 aromatic heterocycles. The van der Waals surface area contributed by atoms with Crippen molar-refractivity contribution < 1.29 is 14.6 Å². The van der Waals surface area contributed by atoms with Crippen molar-refractivity contribution in [3.05, 3.63) is 47.0 Å². The highest BCUT2D eigenvalue weighted by atomic mass is 16.5. The molecule has 3 heteroatoms. The largest absolute Gasteiger partial charge is 0.504 e. The van der Waals surface area contributed by atoms with Crippen LogP contribution in [0.25, 0.3) is 11.1 Å². The Morgan fingerprint density at radius 1 is 1.18 bits per heavy atom. The monoisotopic (exact) mass is 296 g/mol. The lowest BCUT2D eigenvalue weighted by Crippen LogP contribution is -2.32.